The number of fused-ring (bicyclic) bond motifs is 1. The zero-order chi connectivity index (χ0) is 21.3. The fourth-order valence-corrected chi connectivity index (χ4v) is 3.10. The van der Waals surface area contributed by atoms with E-state index in [4.69, 9.17) is 17.0 Å². The van der Waals surface area contributed by atoms with Gasteiger partial charge in [-0.3, -0.25) is 25.8 Å². The Morgan fingerprint density at radius 3 is 2.53 bits per heavy atom. The van der Waals surface area contributed by atoms with Crippen LogP contribution in [0.3, 0.4) is 0 Å². The number of carbonyl (C=O) groups is 2. The Morgan fingerprint density at radius 1 is 0.967 bits per heavy atom. The first-order chi connectivity index (χ1) is 14.6. The van der Waals surface area contributed by atoms with Gasteiger partial charge in [-0.2, -0.15) is 0 Å². The van der Waals surface area contributed by atoms with Crippen molar-refractivity contribution in [1.29, 1.82) is 0 Å². The molecule has 0 aliphatic heterocycles. The topological polar surface area (TPSA) is 79.5 Å². The standard InChI is InChI=1S/C23H21N3O3S/c1-29-20-12-5-3-8-17(20)13-14-21(27)24-23(30)26-25-22(28)15-18-10-6-9-16-7-2-4-11-19(16)18/h2-14H,15H2,1H3,(H,25,28)(H2,24,26,27,30)/b14-13+. The highest BCUT2D eigenvalue weighted by atomic mass is 32.1. The van der Waals surface area contributed by atoms with E-state index in [1.54, 1.807) is 19.3 Å². The van der Waals surface area contributed by atoms with E-state index in [-0.39, 0.29) is 17.4 Å². The lowest BCUT2D eigenvalue weighted by Crippen LogP contribution is -2.48. The van der Waals surface area contributed by atoms with Gasteiger partial charge < -0.3 is 4.74 Å². The molecule has 0 aliphatic rings. The number of hydrazine groups is 1. The van der Waals surface area contributed by atoms with Gasteiger partial charge in [0.15, 0.2) is 5.11 Å². The largest absolute Gasteiger partial charge is 0.496 e. The Balaban J connectivity index is 1.49. The highest BCUT2D eigenvalue weighted by molar-refractivity contribution is 7.80. The van der Waals surface area contributed by atoms with Gasteiger partial charge >= 0.3 is 0 Å². The zero-order valence-corrected chi connectivity index (χ0v) is 17.2. The van der Waals surface area contributed by atoms with Gasteiger partial charge in [0.05, 0.1) is 13.5 Å². The van der Waals surface area contributed by atoms with Crippen LogP contribution < -0.4 is 20.9 Å². The van der Waals surface area contributed by atoms with Crippen LogP contribution in [0.15, 0.2) is 72.8 Å². The maximum absolute atomic E-state index is 12.3. The van der Waals surface area contributed by atoms with Crippen molar-refractivity contribution in [2.75, 3.05) is 7.11 Å². The Bertz CT molecular complexity index is 1110. The van der Waals surface area contributed by atoms with Gasteiger partial charge in [0.2, 0.25) is 11.8 Å². The first-order valence-corrected chi connectivity index (χ1v) is 9.65. The monoisotopic (exact) mass is 419 g/mol. The van der Waals surface area contributed by atoms with E-state index < -0.39 is 5.91 Å². The summed E-state index contributed by atoms with van der Waals surface area (Å²) in [5, 5.41) is 4.56. The second-order valence-corrected chi connectivity index (χ2v) is 6.79. The number of thiocarbonyl (C=S) groups is 1. The van der Waals surface area contributed by atoms with E-state index in [0.29, 0.717) is 5.75 Å². The summed E-state index contributed by atoms with van der Waals surface area (Å²) in [6, 6.07) is 21.0. The molecule has 0 unspecified atom stereocenters. The molecule has 0 aromatic heterocycles. The van der Waals surface area contributed by atoms with Gasteiger partial charge in [0, 0.05) is 11.6 Å². The molecule has 0 aliphatic carbocycles. The maximum atomic E-state index is 12.3. The van der Waals surface area contributed by atoms with E-state index in [1.165, 1.54) is 6.08 Å². The van der Waals surface area contributed by atoms with Crippen molar-refractivity contribution in [3.05, 3.63) is 83.9 Å². The number of carbonyl (C=O) groups excluding carboxylic acids is 2. The van der Waals surface area contributed by atoms with E-state index in [1.807, 2.05) is 60.7 Å². The normalized spacial score (nSPS) is 10.6. The molecule has 0 bridgehead atoms. The van der Waals surface area contributed by atoms with Crippen molar-refractivity contribution in [2.24, 2.45) is 0 Å². The third-order valence-electron chi connectivity index (χ3n) is 4.34. The highest BCUT2D eigenvalue weighted by Gasteiger charge is 2.08. The minimum absolute atomic E-state index is 0.00375. The molecule has 3 aromatic carbocycles. The third-order valence-corrected chi connectivity index (χ3v) is 4.54. The average molecular weight is 420 g/mol. The zero-order valence-electron chi connectivity index (χ0n) is 16.3. The molecule has 3 rings (SSSR count). The molecule has 0 spiro atoms. The number of para-hydroxylation sites is 1. The molecule has 0 fully saturated rings. The summed E-state index contributed by atoms with van der Waals surface area (Å²) in [5.41, 5.74) is 6.71. The number of amides is 2. The lowest BCUT2D eigenvalue weighted by Gasteiger charge is -2.11. The van der Waals surface area contributed by atoms with Crippen LogP contribution in [0.5, 0.6) is 5.75 Å². The number of methoxy groups -OCH3 is 1. The van der Waals surface area contributed by atoms with Crippen LogP contribution in [-0.4, -0.2) is 24.0 Å². The third kappa shape index (κ3) is 5.65. The van der Waals surface area contributed by atoms with Crippen LogP contribution in [0, 0.1) is 0 Å². The minimum Gasteiger partial charge on any atom is -0.496 e. The predicted molar refractivity (Wildman–Crippen MR) is 122 cm³/mol. The molecular formula is C23H21N3O3S. The van der Waals surface area contributed by atoms with Crippen LogP contribution in [0.2, 0.25) is 0 Å². The number of benzene rings is 3. The molecule has 3 N–H and O–H groups in total. The van der Waals surface area contributed by atoms with E-state index in [2.05, 4.69) is 16.2 Å². The molecule has 30 heavy (non-hydrogen) atoms. The number of hydrogen-bond donors (Lipinski definition) is 3. The SMILES string of the molecule is COc1ccccc1/C=C/C(=O)NC(=S)NNC(=O)Cc1cccc2ccccc12. The first-order valence-electron chi connectivity index (χ1n) is 9.24. The lowest BCUT2D eigenvalue weighted by molar-refractivity contribution is -0.121. The van der Waals surface area contributed by atoms with E-state index in [0.717, 1.165) is 21.9 Å². The molecule has 3 aromatic rings. The van der Waals surface area contributed by atoms with Crippen molar-refractivity contribution >= 4 is 46.0 Å². The number of rotatable bonds is 5. The summed E-state index contributed by atoms with van der Waals surface area (Å²) >= 11 is 5.05. The summed E-state index contributed by atoms with van der Waals surface area (Å²) in [5.74, 6) is -0.0443. The fraction of sp³-hybridized carbons (Fsp3) is 0.0870. The Kier molecular flexibility index (Phi) is 7.13. The quantitative estimate of drug-likeness (QED) is 0.336. The highest BCUT2D eigenvalue weighted by Crippen LogP contribution is 2.19. The average Bonchev–Trinajstić information content (AvgIpc) is 2.77. The Morgan fingerprint density at radius 2 is 1.70 bits per heavy atom. The Hall–Kier alpha value is -3.71. The van der Waals surface area contributed by atoms with Gasteiger partial charge in [-0.1, -0.05) is 60.7 Å². The molecule has 0 heterocycles. The van der Waals surface area contributed by atoms with E-state index >= 15 is 0 Å². The fourth-order valence-electron chi connectivity index (χ4n) is 2.94. The molecule has 7 heteroatoms. The molecule has 0 atom stereocenters. The maximum Gasteiger partial charge on any atom is 0.250 e. The smallest absolute Gasteiger partial charge is 0.250 e. The van der Waals surface area contributed by atoms with Crippen molar-refractivity contribution in [3.63, 3.8) is 0 Å². The van der Waals surface area contributed by atoms with Crippen molar-refractivity contribution in [1.82, 2.24) is 16.2 Å². The van der Waals surface area contributed by atoms with Crippen molar-refractivity contribution in [3.8, 4) is 5.75 Å². The van der Waals surface area contributed by atoms with Gasteiger partial charge in [0.1, 0.15) is 5.75 Å². The van der Waals surface area contributed by atoms with Crippen LogP contribution in [0.4, 0.5) is 0 Å². The molecule has 0 radical (unpaired) electrons. The van der Waals surface area contributed by atoms with Crippen LogP contribution in [-0.2, 0) is 16.0 Å². The Labute approximate surface area is 179 Å². The summed E-state index contributed by atoms with van der Waals surface area (Å²) < 4.78 is 5.23. The molecule has 2 amide bonds. The summed E-state index contributed by atoms with van der Waals surface area (Å²) in [4.78, 5) is 24.3. The van der Waals surface area contributed by atoms with Crippen LogP contribution in [0.25, 0.3) is 16.8 Å². The van der Waals surface area contributed by atoms with Gasteiger partial charge in [-0.15, -0.1) is 0 Å². The molecule has 0 saturated carbocycles. The summed E-state index contributed by atoms with van der Waals surface area (Å²) in [6.45, 7) is 0. The number of nitrogens with one attached hydrogen (secondary N) is 3. The van der Waals surface area contributed by atoms with Crippen molar-refractivity contribution in [2.45, 2.75) is 6.42 Å². The van der Waals surface area contributed by atoms with Crippen molar-refractivity contribution < 1.29 is 14.3 Å². The summed E-state index contributed by atoms with van der Waals surface area (Å²) in [6.07, 6.45) is 3.14. The van der Waals surface area contributed by atoms with Crippen LogP contribution >= 0.6 is 12.2 Å². The molecule has 0 saturated heterocycles. The first kappa shape index (κ1) is 21.0. The van der Waals surface area contributed by atoms with E-state index in [9.17, 15) is 9.59 Å². The number of ether oxygens (including phenoxy) is 1. The minimum atomic E-state index is -0.429. The van der Waals surface area contributed by atoms with Gasteiger partial charge in [-0.25, -0.2) is 0 Å². The second kappa shape index (κ2) is 10.2. The van der Waals surface area contributed by atoms with Crippen LogP contribution in [0.1, 0.15) is 11.1 Å². The van der Waals surface area contributed by atoms with Gasteiger partial charge in [-0.05, 0) is 40.7 Å². The molecule has 152 valence electrons. The number of hydrogen-bond acceptors (Lipinski definition) is 4. The van der Waals surface area contributed by atoms with Gasteiger partial charge in [0.25, 0.3) is 0 Å². The predicted octanol–water partition coefficient (Wildman–Crippen LogP) is 3.13. The molecular weight excluding hydrogens is 398 g/mol. The molecule has 6 nitrogen and oxygen atoms in total. The second-order valence-electron chi connectivity index (χ2n) is 6.38. The summed E-state index contributed by atoms with van der Waals surface area (Å²) in [7, 11) is 1.56. The lowest BCUT2D eigenvalue weighted by atomic mass is 10.0.